The van der Waals surface area contributed by atoms with Gasteiger partial charge in [0.15, 0.2) is 5.69 Å². The van der Waals surface area contributed by atoms with Crippen molar-refractivity contribution in [3.8, 4) is 16.6 Å². The number of rotatable bonds is 4. The summed E-state index contributed by atoms with van der Waals surface area (Å²) in [6, 6.07) is 6.13. The second kappa shape index (κ2) is 5.51. The summed E-state index contributed by atoms with van der Waals surface area (Å²) in [4.78, 5) is 3.49. The van der Waals surface area contributed by atoms with Gasteiger partial charge in [0.05, 0.1) is 11.4 Å². The van der Waals surface area contributed by atoms with Crippen molar-refractivity contribution >= 4 is 11.3 Å². The minimum Gasteiger partial charge on any atom is -0.301 e. The highest BCUT2D eigenvalue weighted by atomic mass is 32.1. The van der Waals surface area contributed by atoms with E-state index < -0.39 is 0 Å². The average Bonchev–Trinajstić information content (AvgIpc) is 3.16. The lowest BCUT2D eigenvalue weighted by Crippen LogP contribution is -2.24. The van der Waals surface area contributed by atoms with Crippen molar-refractivity contribution in [1.82, 2.24) is 19.9 Å². The van der Waals surface area contributed by atoms with Crippen LogP contribution < -0.4 is 0 Å². The lowest BCUT2D eigenvalue weighted by Gasteiger charge is -2.14. The Labute approximate surface area is 116 Å². The smallest absolute Gasteiger partial charge is 0.191 e. The molecule has 1 saturated heterocycles. The Kier molecular flexibility index (Phi) is 3.58. The van der Waals surface area contributed by atoms with Crippen LogP contribution >= 0.6 is 11.3 Å². The van der Waals surface area contributed by atoms with Gasteiger partial charge in [0, 0.05) is 6.54 Å². The number of hydrogen-bond donors (Lipinski definition) is 0. The summed E-state index contributed by atoms with van der Waals surface area (Å²) in [7, 11) is 0. The van der Waals surface area contributed by atoms with E-state index in [0.717, 1.165) is 23.7 Å². The molecule has 0 bridgehead atoms. The van der Waals surface area contributed by atoms with Crippen LogP contribution in [0.3, 0.4) is 0 Å². The van der Waals surface area contributed by atoms with E-state index in [9.17, 15) is 0 Å². The molecule has 19 heavy (non-hydrogen) atoms. The molecule has 3 rings (SSSR count). The fourth-order valence-electron chi connectivity index (χ4n) is 2.44. The van der Waals surface area contributed by atoms with Gasteiger partial charge in [0.25, 0.3) is 0 Å². The van der Waals surface area contributed by atoms with Crippen LogP contribution in [0.5, 0.6) is 0 Å². The first kappa shape index (κ1) is 12.3. The van der Waals surface area contributed by atoms with Crippen LogP contribution in [-0.4, -0.2) is 39.5 Å². The van der Waals surface area contributed by atoms with Crippen molar-refractivity contribution in [2.24, 2.45) is 0 Å². The largest absolute Gasteiger partial charge is 0.301 e. The van der Waals surface area contributed by atoms with Crippen LogP contribution in [-0.2, 0) is 6.54 Å². The third kappa shape index (κ3) is 2.53. The SMILES string of the molecule is N#Cc1nnn(CCN2CCCC2)c1-c1cccs1. The molecule has 0 aromatic carbocycles. The molecule has 0 unspecified atom stereocenters. The second-order valence-electron chi connectivity index (χ2n) is 4.65. The van der Waals surface area contributed by atoms with Crippen molar-refractivity contribution in [2.75, 3.05) is 19.6 Å². The molecule has 2 aromatic rings. The van der Waals surface area contributed by atoms with Gasteiger partial charge in [-0.1, -0.05) is 11.3 Å². The maximum atomic E-state index is 9.14. The van der Waals surface area contributed by atoms with Crippen LogP contribution in [0.1, 0.15) is 18.5 Å². The van der Waals surface area contributed by atoms with E-state index in [1.54, 1.807) is 11.3 Å². The van der Waals surface area contributed by atoms with E-state index in [-0.39, 0.29) is 0 Å². The molecule has 6 heteroatoms. The Morgan fingerprint density at radius 2 is 2.16 bits per heavy atom. The van der Waals surface area contributed by atoms with Gasteiger partial charge < -0.3 is 4.90 Å². The Morgan fingerprint density at radius 1 is 1.32 bits per heavy atom. The van der Waals surface area contributed by atoms with Gasteiger partial charge >= 0.3 is 0 Å². The lowest BCUT2D eigenvalue weighted by atomic mass is 10.3. The fraction of sp³-hybridized carbons (Fsp3) is 0.462. The van der Waals surface area contributed by atoms with E-state index >= 15 is 0 Å². The van der Waals surface area contributed by atoms with Crippen molar-refractivity contribution in [2.45, 2.75) is 19.4 Å². The third-order valence-corrected chi connectivity index (χ3v) is 4.30. The molecule has 1 fully saturated rings. The molecule has 5 nitrogen and oxygen atoms in total. The summed E-state index contributed by atoms with van der Waals surface area (Å²) in [5.74, 6) is 0. The molecule has 0 spiro atoms. The van der Waals surface area contributed by atoms with Crippen LogP contribution in [0, 0.1) is 11.3 Å². The van der Waals surface area contributed by atoms with Crippen molar-refractivity contribution < 1.29 is 0 Å². The molecule has 0 aliphatic carbocycles. The monoisotopic (exact) mass is 273 g/mol. The van der Waals surface area contributed by atoms with Crippen LogP contribution in [0.15, 0.2) is 17.5 Å². The number of thiophene rings is 1. The summed E-state index contributed by atoms with van der Waals surface area (Å²) in [6.45, 7) is 4.12. The molecule has 1 aliphatic rings. The standard InChI is InChI=1S/C13H15N5S/c14-10-11-13(12-4-3-9-19-12)18(16-15-11)8-7-17-5-1-2-6-17/h3-4,9H,1-2,5-8H2. The number of aromatic nitrogens is 3. The van der Waals surface area contributed by atoms with Gasteiger partial charge in [-0.05, 0) is 37.4 Å². The molecule has 0 atom stereocenters. The predicted molar refractivity (Wildman–Crippen MR) is 73.7 cm³/mol. The van der Waals surface area contributed by atoms with E-state index in [4.69, 9.17) is 5.26 Å². The molecule has 0 N–H and O–H groups in total. The average molecular weight is 273 g/mol. The quantitative estimate of drug-likeness (QED) is 0.854. The minimum absolute atomic E-state index is 0.420. The number of nitrogens with zero attached hydrogens (tertiary/aromatic N) is 5. The van der Waals surface area contributed by atoms with E-state index in [1.165, 1.54) is 25.9 Å². The van der Waals surface area contributed by atoms with Gasteiger partial charge in [-0.3, -0.25) is 0 Å². The topological polar surface area (TPSA) is 57.7 Å². The zero-order valence-electron chi connectivity index (χ0n) is 10.6. The molecule has 0 amide bonds. The normalized spacial score (nSPS) is 15.7. The summed E-state index contributed by atoms with van der Waals surface area (Å²) in [6.07, 6.45) is 2.58. The molecule has 98 valence electrons. The van der Waals surface area contributed by atoms with Crippen molar-refractivity contribution in [3.63, 3.8) is 0 Å². The van der Waals surface area contributed by atoms with Gasteiger partial charge in [0.2, 0.25) is 0 Å². The zero-order chi connectivity index (χ0) is 13.1. The highest BCUT2D eigenvalue weighted by Crippen LogP contribution is 2.26. The highest BCUT2D eigenvalue weighted by molar-refractivity contribution is 7.13. The first-order chi connectivity index (χ1) is 9.38. The maximum Gasteiger partial charge on any atom is 0.191 e. The second-order valence-corrected chi connectivity index (χ2v) is 5.60. The zero-order valence-corrected chi connectivity index (χ0v) is 11.4. The summed E-state index contributed by atoms with van der Waals surface area (Å²) in [5, 5.41) is 19.3. The maximum absolute atomic E-state index is 9.14. The molecular formula is C13H15N5S. The van der Waals surface area contributed by atoms with Gasteiger partial charge in [0.1, 0.15) is 11.8 Å². The Morgan fingerprint density at radius 3 is 2.84 bits per heavy atom. The summed E-state index contributed by atoms with van der Waals surface area (Å²) < 4.78 is 1.86. The number of hydrogen-bond acceptors (Lipinski definition) is 5. The first-order valence-electron chi connectivity index (χ1n) is 6.48. The van der Waals surface area contributed by atoms with Gasteiger partial charge in [-0.2, -0.15) is 5.26 Å². The van der Waals surface area contributed by atoms with Gasteiger partial charge in [-0.15, -0.1) is 16.4 Å². The third-order valence-electron chi connectivity index (χ3n) is 3.42. The summed E-state index contributed by atoms with van der Waals surface area (Å²) >= 11 is 1.62. The predicted octanol–water partition coefficient (Wildman–Crippen LogP) is 1.97. The Hall–Kier alpha value is -1.71. The lowest BCUT2D eigenvalue weighted by molar-refractivity contribution is 0.315. The molecular weight excluding hydrogens is 258 g/mol. The molecule has 0 radical (unpaired) electrons. The minimum atomic E-state index is 0.420. The first-order valence-corrected chi connectivity index (χ1v) is 7.36. The molecule has 0 saturated carbocycles. The van der Waals surface area contributed by atoms with Crippen LogP contribution in [0.25, 0.3) is 10.6 Å². The number of nitriles is 1. The van der Waals surface area contributed by atoms with Crippen LogP contribution in [0.4, 0.5) is 0 Å². The van der Waals surface area contributed by atoms with E-state index in [2.05, 4.69) is 21.3 Å². The van der Waals surface area contributed by atoms with E-state index in [0.29, 0.717) is 5.69 Å². The molecule has 1 aliphatic heterocycles. The van der Waals surface area contributed by atoms with E-state index in [1.807, 2.05) is 22.2 Å². The van der Waals surface area contributed by atoms with Crippen LogP contribution in [0.2, 0.25) is 0 Å². The fourth-order valence-corrected chi connectivity index (χ4v) is 3.22. The Balaban J connectivity index is 1.81. The molecule has 3 heterocycles. The number of likely N-dealkylation sites (tertiary alicyclic amines) is 1. The molecule has 2 aromatic heterocycles. The Bertz CT molecular complexity index is 575. The summed E-state index contributed by atoms with van der Waals surface area (Å²) in [5.41, 5.74) is 1.28. The van der Waals surface area contributed by atoms with Crippen molar-refractivity contribution in [3.05, 3.63) is 23.2 Å². The van der Waals surface area contributed by atoms with Crippen molar-refractivity contribution in [1.29, 1.82) is 5.26 Å². The van der Waals surface area contributed by atoms with Gasteiger partial charge in [-0.25, -0.2) is 4.68 Å². The highest BCUT2D eigenvalue weighted by Gasteiger charge is 2.17.